The lowest BCUT2D eigenvalue weighted by Gasteiger charge is -2.36. The van der Waals surface area contributed by atoms with Crippen LogP contribution < -0.4 is 5.32 Å². The Morgan fingerprint density at radius 3 is 3.13 bits per heavy atom. The number of hydrogen-bond donors (Lipinski definition) is 1. The summed E-state index contributed by atoms with van der Waals surface area (Å²) < 4.78 is 1.20. The van der Waals surface area contributed by atoms with Gasteiger partial charge in [0, 0.05) is 36.2 Å². The standard InChI is InChI=1S/C12H15BrN2/c1-8-5-14-6-12-11-3-2-10(13)4-9(11)7-15(8)12/h2-4,8,12,14H,5-7H2,1H3. The van der Waals surface area contributed by atoms with Crippen molar-refractivity contribution in [1.82, 2.24) is 10.2 Å². The molecule has 1 saturated heterocycles. The Balaban J connectivity index is 2.00. The molecule has 2 atom stereocenters. The molecule has 15 heavy (non-hydrogen) atoms. The van der Waals surface area contributed by atoms with Crippen LogP contribution in [0.15, 0.2) is 22.7 Å². The van der Waals surface area contributed by atoms with Gasteiger partial charge in [0.2, 0.25) is 0 Å². The molecule has 80 valence electrons. The number of rotatable bonds is 0. The van der Waals surface area contributed by atoms with E-state index in [9.17, 15) is 0 Å². The Labute approximate surface area is 98.8 Å². The molecule has 1 fully saturated rings. The summed E-state index contributed by atoms with van der Waals surface area (Å²) in [6.45, 7) is 5.63. The van der Waals surface area contributed by atoms with E-state index in [0.29, 0.717) is 12.1 Å². The van der Waals surface area contributed by atoms with Crippen molar-refractivity contribution >= 4 is 15.9 Å². The fraction of sp³-hybridized carbons (Fsp3) is 0.500. The molecule has 3 heteroatoms. The Bertz CT molecular complexity index is 391. The topological polar surface area (TPSA) is 15.3 Å². The van der Waals surface area contributed by atoms with Crippen LogP contribution in [0.4, 0.5) is 0 Å². The maximum atomic E-state index is 3.55. The highest BCUT2D eigenvalue weighted by Gasteiger charge is 2.35. The molecule has 0 radical (unpaired) electrons. The number of hydrogen-bond acceptors (Lipinski definition) is 2. The Morgan fingerprint density at radius 2 is 2.27 bits per heavy atom. The quantitative estimate of drug-likeness (QED) is 0.776. The molecule has 0 aromatic heterocycles. The molecule has 3 rings (SSSR count). The van der Waals surface area contributed by atoms with E-state index in [1.54, 1.807) is 0 Å². The number of halogens is 1. The minimum atomic E-state index is 0.594. The van der Waals surface area contributed by atoms with Gasteiger partial charge in [-0.1, -0.05) is 22.0 Å². The molecule has 0 bridgehead atoms. The minimum absolute atomic E-state index is 0.594. The lowest BCUT2D eigenvalue weighted by atomic mass is 10.0. The zero-order valence-corrected chi connectivity index (χ0v) is 10.4. The van der Waals surface area contributed by atoms with Crippen molar-refractivity contribution in [2.75, 3.05) is 13.1 Å². The third-order valence-electron chi connectivity index (χ3n) is 3.56. The normalized spacial score (nSPS) is 30.0. The highest BCUT2D eigenvalue weighted by molar-refractivity contribution is 9.10. The van der Waals surface area contributed by atoms with Crippen molar-refractivity contribution in [2.45, 2.75) is 25.6 Å². The summed E-state index contributed by atoms with van der Waals surface area (Å²) in [4.78, 5) is 2.60. The first-order valence-electron chi connectivity index (χ1n) is 5.50. The lowest BCUT2D eigenvalue weighted by molar-refractivity contribution is 0.119. The van der Waals surface area contributed by atoms with E-state index in [-0.39, 0.29) is 0 Å². The highest BCUT2D eigenvalue weighted by Crippen LogP contribution is 2.37. The largest absolute Gasteiger partial charge is 0.313 e. The van der Waals surface area contributed by atoms with Crippen LogP contribution in [-0.4, -0.2) is 24.0 Å². The molecule has 1 aromatic rings. The first-order chi connectivity index (χ1) is 7.25. The summed E-state index contributed by atoms with van der Waals surface area (Å²) in [6.07, 6.45) is 0. The van der Waals surface area contributed by atoms with Gasteiger partial charge in [0.15, 0.2) is 0 Å². The summed E-state index contributed by atoms with van der Waals surface area (Å²) in [6, 6.07) is 7.93. The Hall–Kier alpha value is -0.380. The molecule has 2 aliphatic rings. The van der Waals surface area contributed by atoms with E-state index in [4.69, 9.17) is 0 Å². The van der Waals surface area contributed by atoms with Gasteiger partial charge in [-0.05, 0) is 30.2 Å². The van der Waals surface area contributed by atoms with Crippen molar-refractivity contribution in [3.63, 3.8) is 0 Å². The number of piperazine rings is 1. The van der Waals surface area contributed by atoms with Gasteiger partial charge in [-0.2, -0.15) is 0 Å². The van der Waals surface area contributed by atoms with Crippen molar-refractivity contribution < 1.29 is 0 Å². The lowest BCUT2D eigenvalue weighted by Crippen LogP contribution is -2.48. The van der Waals surface area contributed by atoms with E-state index in [2.05, 4.69) is 51.3 Å². The van der Waals surface area contributed by atoms with Crippen LogP contribution in [0.5, 0.6) is 0 Å². The van der Waals surface area contributed by atoms with Crippen LogP contribution in [0.25, 0.3) is 0 Å². The molecule has 2 nitrogen and oxygen atoms in total. The van der Waals surface area contributed by atoms with Gasteiger partial charge in [0.25, 0.3) is 0 Å². The van der Waals surface area contributed by atoms with Crippen LogP contribution in [0.1, 0.15) is 24.1 Å². The van der Waals surface area contributed by atoms with Crippen LogP contribution in [-0.2, 0) is 6.54 Å². The van der Waals surface area contributed by atoms with Crippen LogP contribution in [0.2, 0.25) is 0 Å². The second-order valence-electron chi connectivity index (χ2n) is 4.54. The average molecular weight is 267 g/mol. The third kappa shape index (κ3) is 1.53. The van der Waals surface area contributed by atoms with E-state index >= 15 is 0 Å². The summed E-state index contributed by atoms with van der Waals surface area (Å²) in [5.74, 6) is 0. The van der Waals surface area contributed by atoms with E-state index in [0.717, 1.165) is 19.6 Å². The van der Waals surface area contributed by atoms with E-state index in [1.807, 2.05) is 0 Å². The van der Waals surface area contributed by atoms with Crippen molar-refractivity contribution in [3.8, 4) is 0 Å². The number of fused-ring (bicyclic) bond motifs is 3. The van der Waals surface area contributed by atoms with Crippen molar-refractivity contribution in [3.05, 3.63) is 33.8 Å². The summed E-state index contributed by atoms with van der Waals surface area (Å²) >= 11 is 3.55. The molecule has 0 amide bonds. The van der Waals surface area contributed by atoms with Crippen LogP contribution in [0.3, 0.4) is 0 Å². The number of benzene rings is 1. The van der Waals surface area contributed by atoms with Crippen LogP contribution in [0, 0.1) is 0 Å². The molecule has 2 aliphatic heterocycles. The van der Waals surface area contributed by atoms with Gasteiger partial charge in [0.05, 0.1) is 0 Å². The zero-order chi connectivity index (χ0) is 10.4. The predicted molar refractivity (Wildman–Crippen MR) is 64.8 cm³/mol. The fourth-order valence-electron chi connectivity index (χ4n) is 2.76. The molecule has 0 spiro atoms. The Kier molecular flexibility index (Phi) is 2.34. The number of nitrogens with one attached hydrogen (secondary N) is 1. The molecule has 0 aliphatic carbocycles. The van der Waals surface area contributed by atoms with Gasteiger partial charge in [-0.25, -0.2) is 0 Å². The molecular weight excluding hydrogens is 252 g/mol. The third-order valence-corrected chi connectivity index (χ3v) is 4.05. The summed E-state index contributed by atoms with van der Waals surface area (Å²) in [7, 11) is 0. The molecule has 1 aromatic carbocycles. The maximum Gasteiger partial charge on any atom is 0.0482 e. The monoisotopic (exact) mass is 266 g/mol. The zero-order valence-electron chi connectivity index (χ0n) is 8.83. The van der Waals surface area contributed by atoms with Gasteiger partial charge >= 0.3 is 0 Å². The van der Waals surface area contributed by atoms with Crippen LogP contribution >= 0.6 is 15.9 Å². The Morgan fingerprint density at radius 1 is 1.40 bits per heavy atom. The van der Waals surface area contributed by atoms with Gasteiger partial charge in [-0.15, -0.1) is 0 Å². The molecular formula is C12H15BrN2. The second-order valence-corrected chi connectivity index (χ2v) is 5.45. The highest BCUT2D eigenvalue weighted by atomic mass is 79.9. The molecule has 0 saturated carbocycles. The van der Waals surface area contributed by atoms with Crippen molar-refractivity contribution in [1.29, 1.82) is 0 Å². The van der Waals surface area contributed by atoms with Crippen molar-refractivity contribution in [2.24, 2.45) is 0 Å². The number of nitrogens with zero attached hydrogens (tertiary/aromatic N) is 1. The fourth-order valence-corrected chi connectivity index (χ4v) is 3.17. The van der Waals surface area contributed by atoms with E-state index in [1.165, 1.54) is 15.6 Å². The first-order valence-corrected chi connectivity index (χ1v) is 6.30. The molecule has 2 heterocycles. The second kappa shape index (κ2) is 3.58. The first kappa shape index (κ1) is 9.82. The van der Waals surface area contributed by atoms with Gasteiger partial charge in [0.1, 0.15) is 0 Å². The molecule has 2 unspecified atom stereocenters. The van der Waals surface area contributed by atoms with Gasteiger partial charge < -0.3 is 5.32 Å². The SMILES string of the molecule is CC1CNCC2c3ccc(Br)cc3CN12. The minimum Gasteiger partial charge on any atom is -0.313 e. The van der Waals surface area contributed by atoms with Gasteiger partial charge in [-0.3, -0.25) is 4.90 Å². The average Bonchev–Trinajstić information content (AvgIpc) is 2.57. The smallest absolute Gasteiger partial charge is 0.0482 e. The van der Waals surface area contributed by atoms with E-state index < -0.39 is 0 Å². The predicted octanol–water partition coefficient (Wildman–Crippen LogP) is 2.30. The maximum absolute atomic E-state index is 3.55. The molecule has 1 N–H and O–H groups in total. The summed E-state index contributed by atoms with van der Waals surface area (Å²) in [5, 5.41) is 3.51. The summed E-state index contributed by atoms with van der Waals surface area (Å²) in [5.41, 5.74) is 3.00.